The molecule has 0 bridgehead atoms. The van der Waals surface area contributed by atoms with Crippen LogP contribution in [0.25, 0.3) is 0 Å². The van der Waals surface area contributed by atoms with Crippen molar-refractivity contribution in [3.63, 3.8) is 0 Å². The largest absolute Gasteiger partial charge is 0.466 e. The molecule has 0 aromatic heterocycles. The minimum Gasteiger partial charge on any atom is -0.466 e. The van der Waals surface area contributed by atoms with Crippen LogP contribution < -0.4 is 0 Å². The number of carbonyl (C=O) groups is 3. The number of hydrogen-bond donors (Lipinski definition) is 0. The average Bonchev–Trinajstić information content (AvgIpc) is 2.64. The van der Waals surface area contributed by atoms with Crippen molar-refractivity contribution in [1.29, 1.82) is 0 Å². The van der Waals surface area contributed by atoms with Crippen molar-refractivity contribution in [1.82, 2.24) is 9.80 Å². The summed E-state index contributed by atoms with van der Waals surface area (Å²) in [6.07, 6.45) is 3.72. The Balaban J connectivity index is 2.24. The molecule has 29 heavy (non-hydrogen) atoms. The molecule has 0 radical (unpaired) electrons. The van der Waals surface area contributed by atoms with Crippen molar-refractivity contribution < 1.29 is 28.6 Å². The smallest absolute Gasteiger partial charge is 0.410 e. The van der Waals surface area contributed by atoms with Gasteiger partial charge in [0, 0.05) is 26.7 Å². The molecule has 2 amide bonds. The Bertz CT molecular complexity index is 538. The van der Waals surface area contributed by atoms with Crippen LogP contribution in [0.1, 0.15) is 66.2 Å². The number of amides is 2. The van der Waals surface area contributed by atoms with Gasteiger partial charge in [-0.05, 0) is 53.4 Å². The highest BCUT2D eigenvalue weighted by atomic mass is 16.6. The van der Waals surface area contributed by atoms with Crippen molar-refractivity contribution in [3.05, 3.63) is 0 Å². The molecule has 0 N–H and O–H groups in total. The summed E-state index contributed by atoms with van der Waals surface area (Å²) in [5, 5.41) is 0. The van der Waals surface area contributed by atoms with Gasteiger partial charge in [0.1, 0.15) is 5.60 Å². The van der Waals surface area contributed by atoms with Crippen molar-refractivity contribution in [2.45, 2.75) is 84.0 Å². The second-order valence-corrected chi connectivity index (χ2v) is 8.51. The van der Waals surface area contributed by atoms with Gasteiger partial charge in [0.25, 0.3) is 0 Å². The van der Waals surface area contributed by atoms with Gasteiger partial charge in [-0.25, -0.2) is 4.79 Å². The lowest BCUT2D eigenvalue weighted by Gasteiger charge is -2.35. The van der Waals surface area contributed by atoms with E-state index < -0.39 is 5.60 Å². The van der Waals surface area contributed by atoms with E-state index in [1.807, 2.05) is 20.8 Å². The van der Waals surface area contributed by atoms with Crippen LogP contribution >= 0.6 is 0 Å². The first kappa shape index (κ1) is 25.2. The molecule has 1 rings (SSSR count). The Kier molecular flexibility index (Phi) is 10.4. The molecule has 1 aliphatic rings. The van der Waals surface area contributed by atoms with Gasteiger partial charge in [0.15, 0.2) is 0 Å². The molecular formula is C21H38N2O6. The fourth-order valence-corrected chi connectivity index (χ4v) is 3.20. The third-order valence-electron chi connectivity index (χ3n) is 4.92. The summed E-state index contributed by atoms with van der Waals surface area (Å²) < 4.78 is 16.2. The number of nitrogens with zero attached hydrogens (tertiary/aromatic N) is 2. The molecular weight excluding hydrogens is 376 g/mol. The first-order chi connectivity index (χ1) is 13.5. The van der Waals surface area contributed by atoms with E-state index >= 15 is 0 Å². The maximum Gasteiger partial charge on any atom is 0.410 e. The maximum atomic E-state index is 12.2. The van der Waals surface area contributed by atoms with Crippen molar-refractivity contribution in [2.75, 3.05) is 33.9 Å². The minimum atomic E-state index is -0.498. The first-order valence-corrected chi connectivity index (χ1v) is 10.5. The molecule has 0 atom stereocenters. The zero-order valence-corrected chi connectivity index (χ0v) is 18.9. The van der Waals surface area contributed by atoms with E-state index in [1.165, 1.54) is 4.90 Å². The van der Waals surface area contributed by atoms with Crippen LogP contribution in [0, 0.1) is 0 Å². The predicted molar refractivity (Wildman–Crippen MR) is 109 cm³/mol. The van der Waals surface area contributed by atoms with Gasteiger partial charge in [0.05, 0.1) is 32.2 Å². The quantitative estimate of drug-likeness (QED) is 0.539. The van der Waals surface area contributed by atoms with E-state index in [4.69, 9.17) is 14.2 Å². The van der Waals surface area contributed by atoms with E-state index in [9.17, 15) is 14.4 Å². The van der Waals surface area contributed by atoms with E-state index in [0.29, 0.717) is 19.8 Å². The summed E-state index contributed by atoms with van der Waals surface area (Å²) in [5.74, 6) is -0.343. The third-order valence-corrected chi connectivity index (χ3v) is 4.92. The van der Waals surface area contributed by atoms with E-state index in [0.717, 1.165) is 25.7 Å². The SMILES string of the molecule is CCOC(=O)CCN(C)C(=O)CCOC1CCC(N(C)C(=O)OC(C)(C)C)CC1. The summed E-state index contributed by atoms with van der Waals surface area (Å²) >= 11 is 0. The summed E-state index contributed by atoms with van der Waals surface area (Å²) in [6.45, 7) is 8.39. The molecule has 1 saturated carbocycles. The number of ether oxygens (including phenoxy) is 3. The fraction of sp³-hybridized carbons (Fsp3) is 0.857. The van der Waals surface area contributed by atoms with Crippen molar-refractivity contribution in [3.8, 4) is 0 Å². The molecule has 0 saturated heterocycles. The molecule has 1 aliphatic carbocycles. The maximum absolute atomic E-state index is 12.2. The molecule has 1 fully saturated rings. The summed E-state index contributed by atoms with van der Waals surface area (Å²) in [5.41, 5.74) is -0.498. The highest BCUT2D eigenvalue weighted by Gasteiger charge is 2.29. The van der Waals surface area contributed by atoms with Crippen LogP contribution in [-0.4, -0.2) is 79.4 Å². The molecule has 0 unspecified atom stereocenters. The standard InChI is InChI=1S/C21H38N2O6/c1-7-27-19(25)12-14-22(5)18(24)13-15-28-17-10-8-16(9-11-17)23(6)20(26)29-21(2,3)4/h16-17H,7-15H2,1-6H3. The second kappa shape index (κ2) is 12.0. The van der Waals surface area contributed by atoms with Crippen molar-refractivity contribution >= 4 is 18.0 Å². The number of hydrogen-bond acceptors (Lipinski definition) is 6. The second-order valence-electron chi connectivity index (χ2n) is 8.51. The Morgan fingerprint density at radius 3 is 2.17 bits per heavy atom. The molecule has 8 heteroatoms. The van der Waals surface area contributed by atoms with E-state index in [2.05, 4.69) is 0 Å². The number of carbonyl (C=O) groups excluding carboxylic acids is 3. The minimum absolute atomic E-state index is 0.0485. The monoisotopic (exact) mass is 414 g/mol. The molecule has 168 valence electrons. The van der Waals surface area contributed by atoms with Crippen LogP contribution in [0.4, 0.5) is 4.79 Å². The highest BCUT2D eigenvalue weighted by molar-refractivity contribution is 5.77. The van der Waals surface area contributed by atoms with E-state index in [-0.39, 0.29) is 43.0 Å². The first-order valence-electron chi connectivity index (χ1n) is 10.5. The van der Waals surface area contributed by atoms with Gasteiger partial charge >= 0.3 is 12.1 Å². The Hall–Kier alpha value is -1.83. The van der Waals surface area contributed by atoms with Gasteiger partial charge in [-0.3, -0.25) is 9.59 Å². The molecule has 8 nitrogen and oxygen atoms in total. The van der Waals surface area contributed by atoms with Gasteiger partial charge in [-0.2, -0.15) is 0 Å². The van der Waals surface area contributed by atoms with Crippen molar-refractivity contribution in [2.24, 2.45) is 0 Å². The molecule has 0 aromatic carbocycles. The zero-order chi connectivity index (χ0) is 22.0. The molecule has 0 spiro atoms. The lowest BCUT2D eigenvalue weighted by atomic mass is 9.92. The zero-order valence-electron chi connectivity index (χ0n) is 18.9. The lowest BCUT2D eigenvalue weighted by molar-refractivity contribution is -0.144. The summed E-state index contributed by atoms with van der Waals surface area (Å²) in [7, 11) is 3.46. The van der Waals surface area contributed by atoms with Crippen LogP contribution in [0.3, 0.4) is 0 Å². The van der Waals surface area contributed by atoms with Gasteiger partial charge in [0.2, 0.25) is 5.91 Å². The summed E-state index contributed by atoms with van der Waals surface area (Å²) in [6, 6.07) is 0.153. The number of esters is 1. The number of rotatable bonds is 9. The summed E-state index contributed by atoms with van der Waals surface area (Å²) in [4.78, 5) is 38.9. The van der Waals surface area contributed by atoms with Crippen LogP contribution in [0.2, 0.25) is 0 Å². The average molecular weight is 415 g/mol. The van der Waals surface area contributed by atoms with Crippen LogP contribution in [-0.2, 0) is 23.8 Å². The van der Waals surface area contributed by atoms with Gasteiger partial charge in [-0.15, -0.1) is 0 Å². The predicted octanol–water partition coefficient (Wildman–Crippen LogP) is 2.98. The normalized spacial score (nSPS) is 19.4. The molecule has 0 heterocycles. The highest BCUT2D eigenvalue weighted by Crippen LogP contribution is 2.25. The Labute approximate surface area is 174 Å². The lowest BCUT2D eigenvalue weighted by Crippen LogP contribution is -2.43. The Morgan fingerprint density at radius 2 is 1.62 bits per heavy atom. The molecule has 0 aromatic rings. The topological polar surface area (TPSA) is 85.4 Å². The Morgan fingerprint density at radius 1 is 1.00 bits per heavy atom. The van der Waals surface area contributed by atoms with Crippen LogP contribution in [0.15, 0.2) is 0 Å². The third kappa shape index (κ3) is 9.96. The fourth-order valence-electron chi connectivity index (χ4n) is 3.20. The van der Waals surface area contributed by atoms with Crippen LogP contribution in [0.5, 0.6) is 0 Å². The van der Waals surface area contributed by atoms with Gasteiger partial charge in [-0.1, -0.05) is 0 Å². The van der Waals surface area contributed by atoms with Gasteiger partial charge < -0.3 is 24.0 Å². The van der Waals surface area contributed by atoms with E-state index in [1.54, 1.807) is 25.9 Å². The molecule has 0 aliphatic heterocycles.